The normalized spacial score (nSPS) is 17.1. The van der Waals surface area contributed by atoms with Gasteiger partial charge in [0.15, 0.2) is 0 Å². The number of carbonyl (C=O) groups excluding carboxylic acids is 1. The first-order chi connectivity index (χ1) is 11.3. The van der Waals surface area contributed by atoms with Gasteiger partial charge >= 0.3 is 0 Å². The molecule has 0 bridgehead atoms. The number of hydrogen-bond donors (Lipinski definition) is 1. The molecule has 0 aliphatic carbocycles. The average molecular weight is 310 g/mol. The lowest BCUT2D eigenvalue weighted by Gasteiger charge is -2.27. The van der Waals surface area contributed by atoms with Crippen LogP contribution >= 0.6 is 0 Å². The SMILES string of the molecule is COc1ccc(C(=O)NCC2CCCN2c2ccccc2)cc1. The zero-order valence-electron chi connectivity index (χ0n) is 13.4. The third kappa shape index (κ3) is 3.65. The Morgan fingerprint density at radius 1 is 1.17 bits per heavy atom. The van der Waals surface area contributed by atoms with Crippen LogP contribution in [0, 0.1) is 0 Å². The molecule has 1 unspecified atom stereocenters. The summed E-state index contributed by atoms with van der Waals surface area (Å²) in [6, 6.07) is 17.9. The number of benzene rings is 2. The number of anilines is 1. The maximum Gasteiger partial charge on any atom is 0.251 e. The molecule has 1 saturated heterocycles. The molecular formula is C19H22N2O2. The first-order valence-corrected chi connectivity index (χ1v) is 8.02. The maximum absolute atomic E-state index is 12.3. The standard InChI is InChI=1S/C19H22N2O2/c1-23-18-11-9-15(10-12-18)19(22)20-14-17-8-5-13-21(17)16-6-3-2-4-7-16/h2-4,6-7,9-12,17H,5,8,13-14H2,1H3,(H,20,22). The minimum absolute atomic E-state index is 0.0347. The Balaban J connectivity index is 1.59. The topological polar surface area (TPSA) is 41.6 Å². The molecule has 1 heterocycles. The third-order valence-corrected chi connectivity index (χ3v) is 4.32. The highest BCUT2D eigenvalue weighted by Crippen LogP contribution is 2.24. The predicted molar refractivity (Wildman–Crippen MR) is 92.1 cm³/mol. The summed E-state index contributed by atoms with van der Waals surface area (Å²) in [6.07, 6.45) is 2.27. The van der Waals surface area contributed by atoms with Crippen LogP contribution in [0.2, 0.25) is 0 Å². The van der Waals surface area contributed by atoms with Gasteiger partial charge in [-0.15, -0.1) is 0 Å². The molecule has 1 fully saturated rings. The minimum atomic E-state index is -0.0347. The Morgan fingerprint density at radius 2 is 1.91 bits per heavy atom. The van der Waals surface area contributed by atoms with E-state index in [0.717, 1.165) is 25.1 Å². The fourth-order valence-corrected chi connectivity index (χ4v) is 3.06. The van der Waals surface area contributed by atoms with Crippen molar-refractivity contribution >= 4 is 11.6 Å². The number of amides is 1. The quantitative estimate of drug-likeness (QED) is 0.922. The molecule has 0 radical (unpaired) electrons. The van der Waals surface area contributed by atoms with Gasteiger partial charge in [0.1, 0.15) is 5.75 Å². The molecule has 23 heavy (non-hydrogen) atoms. The summed E-state index contributed by atoms with van der Waals surface area (Å²) in [4.78, 5) is 14.7. The Hall–Kier alpha value is -2.49. The molecule has 2 aromatic carbocycles. The number of rotatable bonds is 5. The summed E-state index contributed by atoms with van der Waals surface area (Å²) in [5, 5.41) is 3.06. The molecule has 1 atom stereocenters. The second-order valence-electron chi connectivity index (χ2n) is 5.76. The first kappa shape index (κ1) is 15.4. The second-order valence-corrected chi connectivity index (χ2v) is 5.76. The van der Waals surface area contributed by atoms with Crippen molar-refractivity contribution < 1.29 is 9.53 Å². The zero-order valence-corrected chi connectivity index (χ0v) is 13.4. The van der Waals surface area contributed by atoms with Gasteiger partial charge < -0.3 is 15.0 Å². The van der Waals surface area contributed by atoms with Gasteiger partial charge in [0.05, 0.1) is 7.11 Å². The fourth-order valence-electron chi connectivity index (χ4n) is 3.06. The zero-order chi connectivity index (χ0) is 16.1. The highest BCUT2D eigenvalue weighted by Gasteiger charge is 2.25. The van der Waals surface area contributed by atoms with Crippen molar-refractivity contribution in [1.82, 2.24) is 5.32 Å². The van der Waals surface area contributed by atoms with Crippen molar-refractivity contribution in [3.05, 3.63) is 60.2 Å². The van der Waals surface area contributed by atoms with E-state index in [1.165, 1.54) is 5.69 Å². The van der Waals surface area contributed by atoms with Crippen molar-refractivity contribution in [1.29, 1.82) is 0 Å². The monoisotopic (exact) mass is 310 g/mol. The lowest BCUT2D eigenvalue weighted by Crippen LogP contribution is -2.40. The van der Waals surface area contributed by atoms with Crippen molar-refractivity contribution in [2.24, 2.45) is 0 Å². The molecule has 4 nitrogen and oxygen atoms in total. The van der Waals surface area contributed by atoms with Crippen LogP contribution < -0.4 is 15.0 Å². The van der Waals surface area contributed by atoms with Gasteiger partial charge in [-0.3, -0.25) is 4.79 Å². The van der Waals surface area contributed by atoms with Gasteiger partial charge in [-0.25, -0.2) is 0 Å². The van der Waals surface area contributed by atoms with Crippen molar-refractivity contribution in [3.8, 4) is 5.75 Å². The minimum Gasteiger partial charge on any atom is -0.497 e. The molecule has 120 valence electrons. The molecule has 1 N–H and O–H groups in total. The molecule has 3 rings (SSSR count). The van der Waals surface area contributed by atoms with Gasteiger partial charge in [0.2, 0.25) is 0 Å². The van der Waals surface area contributed by atoms with Crippen LogP contribution in [0.4, 0.5) is 5.69 Å². The summed E-state index contributed by atoms with van der Waals surface area (Å²) in [5.74, 6) is 0.722. The van der Waals surface area contributed by atoms with Crippen LogP contribution in [0.5, 0.6) is 5.75 Å². The maximum atomic E-state index is 12.3. The number of carbonyl (C=O) groups is 1. The van der Waals surface area contributed by atoms with E-state index in [1.54, 1.807) is 31.4 Å². The lowest BCUT2D eigenvalue weighted by atomic mass is 10.1. The van der Waals surface area contributed by atoms with E-state index in [2.05, 4.69) is 34.5 Å². The van der Waals surface area contributed by atoms with Gasteiger partial charge in [-0.2, -0.15) is 0 Å². The van der Waals surface area contributed by atoms with Gasteiger partial charge in [0, 0.05) is 30.4 Å². The molecule has 0 spiro atoms. The van der Waals surface area contributed by atoms with E-state index in [9.17, 15) is 4.79 Å². The van der Waals surface area contributed by atoms with Gasteiger partial charge in [-0.1, -0.05) is 18.2 Å². The van der Waals surface area contributed by atoms with Crippen molar-refractivity contribution in [2.45, 2.75) is 18.9 Å². The van der Waals surface area contributed by atoms with E-state index in [-0.39, 0.29) is 5.91 Å². The Morgan fingerprint density at radius 3 is 2.61 bits per heavy atom. The molecule has 0 saturated carbocycles. The van der Waals surface area contributed by atoms with E-state index < -0.39 is 0 Å². The summed E-state index contributed by atoms with van der Waals surface area (Å²) in [6.45, 7) is 1.72. The molecular weight excluding hydrogens is 288 g/mol. The van der Waals surface area contributed by atoms with Crippen LogP contribution in [0.1, 0.15) is 23.2 Å². The van der Waals surface area contributed by atoms with Crippen LogP contribution in [0.3, 0.4) is 0 Å². The van der Waals surface area contributed by atoms with Gasteiger partial charge in [-0.05, 0) is 49.2 Å². The average Bonchev–Trinajstić information content (AvgIpc) is 3.09. The van der Waals surface area contributed by atoms with E-state index in [0.29, 0.717) is 18.2 Å². The highest BCUT2D eigenvalue weighted by molar-refractivity contribution is 5.94. The Bertz CT molecular complexity index is 640. The summed E-state index contributed by atoms with van der Waals surface area (Å²) < 4.78 is 5.11. The smallest absolute Gasteiger partial charge is 0.251 e. The van der Waals surface area contributed by atoms with E-state index in [1.807, 2.05) is 6.07 Å². The molecule has 1 aliphatic rings. The second kappa shape index (κ2) is 7.18. The number of nitrogens with one attached hydrogen (secondary N) is 1. The number of para-hydroxylation sites is 1. The Labute approximate surface area is 137 Å². The molecule has 0 aromatic heterocycles. The van der Waals surface area contributed by atoms with Crippen molar-refractivity contribution in [2.75, 3.05) is 25.1 Å². The largest absolute Gasteiger partial charge is 0.497 e. The van der Waals surface area contributed by atoms with Crippen LogP contribution in [-0.2, 0) is 0 Å². The number of nitrogens with zero attached hydrogens (tertiary/aromatic N) is 1. The lowest BCUT2D eigenvalue weighted by molar-refractivity contribution is 0.0951. The summed E-state index contributed by atoms with van der Waals surface area (Å²) in [7, 11) is 1.62. The van der Waals surface area contributed by atoms with Crippen LogP contribution in [0.25, 0.3) is 0 Å². The highest BCUT2D eigenvalue weighted by atomic mass is 16.5. The van der Waals surface area contributed by atoms with Crippen LogP contribution in [0.15, 0.2) is 54.6 Å². The first-order valence-electron chi connectivity index (χ1n) is 8.02. The Kier molecular flexibility index (Phi) is 4.81. The predicted octanol–water partition coefficient (Wildman–Crippen LogP) is 3.09. The number of hydrogen-bond acceptors (Lipinski definition) is 3. The molecule has 4 heteroatoms. The number of methoxy groups -OCH3 is 1. The summed E-state index contributed by atoms with van der Waals surface area (Å²) in [5.41, 5.74) is 1.89. The van der Waals surface area contributed by atoms with Crippen molar-refractivity contribution in [3.63, 3.8) is 0 Å². The molecule has 1 amide bonds. The molecule has 2 aromatic rings. The van der Waals surface area contributed by atoms with Gasteiger partial charge in [0.25, 0.3) is 5.91 Å². The van der Waals surface area contributed by atoms with Crippen LogP contribution in [-0.4, -0.2) is 32.1 Å². The fraction of sp³-hybridized carbons (Fsp3) is 0.316. The summed E-state index contributed by atoms with van der Waals surface area (Å²) >= 11 is 0. The third-order valence-electron chi connectivity index (χ3n) is 4.32. The van der Waals surface area contributed by atoms with E-state index in [4.69, 9.17) is 4.74 Å². The van der Waals surface area contributed by atoms with E-state index >= 15 is 0 Å². The molecule has 1 aliphatic heterocycles. The number of ether oxygens (including phenoxy) is 1.